The molecular weight excluding hydrogens is 224 g/mol. The van der Waals surface area contributed by atoms with Crippen LogP contribution in [0.25, 0.3) is 0 Å². The quantitative estimate of drug-likeness (QED) is 0.442. The fourth-order valence-electron chi connectivity index (χ4n) is 1.58. The molecule has 0 bridgehead atoms. The van der Waals surface area contributed by atoms with Crippen LogP contribution < -0.4 is 0 Å². The molecule has 1 aliphatic rings. The summed E-state index contributed by atoms with van der Waals surface area (Å²) < 4.78 is 0. The van der Waals surface area contributed by atoms with Gasteiger partial charge in [0.15, 0.2) is 0 Å². The smallest absolute Gasteiger partial charge is 0.269 e. The molecule has 0 aliphatic carbocycles. The number of likely N-dealkylation sites (tertiary alicyclic amines) is 1. The number of carbonyl (C=O) groups excluding carboxylic acids is 2. The van der Waals surface area contributed by atoms with E-state index in [-0.39, 0.29) is 23.9 Å². The highest BCUT2D eigenvalue weighted by Gasteiger charge is 2.29. The number of amides is 2. The lowest BCUT2D eigenvalue weighted by Crippen LogP contribution is -2.48. The fourth-order valence-corrected chi connectivity index (χ4v) is 1.58. The maximum atomic E-state index is 11.6. The zero-order valence-electron chi connectivity index (χ0n) is 8.96. The van der Waals surface area contributed by atoms with Gasteiger partial charge in [0.05, 0.1) is 11.3 Å². The monoisotopic (exact) mass is 234 g/mol. The second-order valence-corrected chi connectivity index (χ2v) is 3.79. The third kappa shape index (κ3) is 2.30. The van der Waals surface area contributed by atoms with Crippen LogP contribution in [-0.4, -0.2) is 28.2 Å². The molecule has 0 N–H and O–H groups in total. The van der Waals surface area contributed by atoms with Gasteiger partial charge in [-0.05, 0) is 5.56 Å². The second kappa shape index (κ2) is 4.32. The van der Waals surface area contributed by atoms with Crippen LogP contribution in [0.1, 0.15) is 12.0 Å². The number of nitrogens with zero attached hydrogens (tertiary/aromatic N) is 2. The van der Waals surface area contributed by atoms with Gasteiger partial charge in [-0.1, -0.05) is 12.1 Å². The molecule has 1 saturated heterocycles. The number of nitro groups is 1. The summed E-state index contributed by atoms with van der Waals surface area (Å²) in [5, 5.41) is 10.4. The Labute approximate surface area is 97.0 Å². The molecule has 6 nitrogen and oxygen atoms in total. The van der Waals surface area contributed by atoms with Crippen molar-refractivity contribution in [2.24, 2.45) is 0 Å². The molecule has 0 radical (unpaired) electrons. The average Bonchev–Trinajstić information content (AvgIpc) is 2.27. The molecule has 1 heterocycles. The van der Waals surface area contributed by atoms with Gasteiger partial charge in [-0.25, -0.2) is 0 Å². The van der Waals surface area contributed by atoms with Gasteiger partial charge in [0.25, 0.3) is 5.69 Å². The maximum absolute atomic E-state index is 11.6. The number of non-ortho nitro benzene ring substituents is 1. The van der Waals surface area contributed by atoms with Gasteiger partial charge in [-0.15, -0.1) is 0 Å². The van der Waals surface area contributed by atoms with Crippen molar-refractivity contribution in [3.8, 4) is 0 Å². The van der Waals surface area contributed by atoms with Gasteiger partial charge in [0.1, 0.15) is 0 Å². The van der Waals surface area contributed by atoms with Gasteiger partial charge in [0.2, 0.25) is 11.8 Å². The van der Waals surface area contributed by atoms with Crippen LogP contribution >= 0.6 is 0 Å². The first-order valence-electron chi connectivity index (χ1n) is 5.14. The van der Waals surface area contributed by atoms with Crippen LogP contribution in [0.5, 0.6) is 0 Å². The van der Waals surface area contributed by atoms with Gasteiger partial charge in [-0.2, -0.15) is 0 Å². The number of β-lactam (4-membered cyclic amide) rings is 1. The molecule has 0 atom stereocenters. The summed E-state index contributed by atoms with van der Waals surface area (Å²) in [6.07, 6.45) is 0.524. The van der Waals surface area contributed by atoms with Gasteiger partial charge < -0.3 is 0 Å². The minimum absolute atomic E-state index is 0.0128. The van der Waals surface area contributed by atoms with Crippen molar-refractivity contribution in [1.29, 1.82) is 0 Å². The summed E-state index contributed by atoms with van der Waals surface area (Å²) in [4.78, 5) is 33.7. The normalized spacial score (nSPS) is 14.4. The first kappa shape index (κ1) is 11.3. The molecule has 1 aromatic rings. The lowest BCUT2D eigenvalue weighted by Gasteiger charge is -2.28. The molecule has 0 saturated carbocycles. The van der Waals surface area contributed by atoms with E-state index in [1.165, 1.54) is 29.2 Å². The van der Waals surface area contributed by atoms with Crippen LogP contribution in [0, 0.1) is 10.1 Å². The molecule has 2 rings (SSSR count). The van der Waals surface area contributed by atoms with Gasteiger partial charge in [-0.3, -0.25) is 24.6 Å². The summed E-state index contributed by atoms with van der Waals surface area (Å²) in [5.74, 6) is -0.410. The molecule has 6 heteroatoms. The number of rotatable bonds is 3. The van der Waals surface area contributed by atoms with E-state index >= 15 is 0 Å². The van der Waals surface area contributed by atoms with E-state index in [0.29, 0.717) is 18.5 Å². The van der Waals surface area contributed by atoms with Crippen molar-refractivity contribution < 1.29 is 14.5 Å². The Morgan fingerprint density at radius 1 is 1.35 bits per heavy atom. The minimum atomic E-state index is -0.495. The van der Waals surface area contributed by atoms with Crippen LogP contribution in [0.2, 0.25) is 0 Å². The molecule has 0 aromatic heterocycles. The summed E-state index contributed by atoms with van der Waals surface area (Å²) in [6, 6.07) is 5.75. The molecule has 0 unspecified atom stereocenters. The van der Waals surface area contributed by atoms with E-state index in [2.05, 4.69) is 0 Å². The van der Waals surface area contributed by atoms with E-state index in [1.54, 1.807) is 0 Å². The molecule has 17 heavy (non-hydrogen) atoms. The first-order valence-corrected chi connectivity index (χ1v) is 5.14. The molecule has 0 spiro atoms. The van der Waals surface area contributed by atoms with Crippen LogP contribution in [0.3, 0.4) is 0 Å². The lowest BCUT2D eigenvalue weighted by atomic mass is 10.1. The highest BCUT2D eigenvalue weighted by atomic mass is 16.6. The predicted molar refractivity (Wildman–Crippen MR) is 58.1 cm³/mol. The Kier molecular flexibility index (Phi) is 2.86. The van der Waals surface area contributed by atoms with E-state index in [0.717, 1.165) is 0 Å². The molecule has 1 aliphatic heterocycles. The number of benzene rings is 1. The van der Waals surface area contributed by atoms with Crippen LogP contribution in [0.4, 0.5) is 5.69 Å². The standard InChI is InChI=1S/C11H10N2O4/c14-10-5-6-12(10)11(15)7-8-1-3-9(4-2-8)13(16)17/h1-4H,5-7H2. The number of hydrogen-bond acceptors (Lipinski definition) is 4. The third-order valence-corrected chi connectivity index (χ3v) is 2.65. The fraction of sp³-hybridized carbons (Fsp3) is 0.273. The summed E-state index contributed by atoms with van der Waals surface area (Å²) in [6.45, 7) is 0.477. The maximum Gasteiger partial charge on any atom is 0.269 e. The van der Waals surface area contributed by atoms with Crippen molar-refractivity contribution in [1.82, 2.24) is 4.90 Å². The number of hydrogen-bond donors (Lipinski definition) is 0. The Hall–Kier alpha value is -2.24. The van der Waals surface area contributed by atoms with E-state index < -0.39 is 4.92 Å². The highest BCUT2D eigenvalue weighted by Crippen LogP contribution is 2.15. The number of carbonyl (C=O) groups is 2. The van der Waals surface area contributed by atoms with E-state index in [4.69, 9.17) is 0 Å². The first-order chi connectivity index (χ1) is 8.08. The van der Waals surface area contributed by atoms with Crippen molar-refractivity contribution in [2.45, 2.75) is 12.8 Å². The Balaban J connectivity index is 2.01. The molecular formula is C11H10N2O4. The third-order valence-electron chi connectivity index (χ3n) is 2.65. The van der Waals surface area contributed by atoms with Crippen molar-refractivity contribution >= 4 is 17.5 Å². The Morgan fingerprint density at radius 3 is 2.41 bits per heavy atom. The van der Waals surface area contributed by atoms with Gasteiger partial charge >= 0.3 is 0 Å². The molecule has 1 aromatic carbocycles. The van der Waals surface area contributed by atoms with E-state index in [9.17, 15) is 19.7 Å². The summed E-state index contributed by atoms with van der Waals surface area (Å²) >= 11 is 0. The highest BCUT2D eigenvalue weighted by molar-refractivity contribution is 6.00. The zero-order chi connectivity index (χ0) is 12.4. The SMILES string of the molecule is O=C1CCN1C(=O)Cc1ccc([N+](=O)[O-])cc1. The topological polar surface area (TPSA) is 80.5 Å². The Morgan fingerprint density at radius 2 is 2.00 bits per heavy atom. The van der Waals surface area contributed by atoms with Crippen molar-refractivity contribution in [3.05, 3.63) is 39.9 Å². The molecule has 2 amide bonds. The van der Waals surface area contributed by atoms with Crippen molar-refractivity contribution in [2.75, 3.05) is 6.54 Å². The Bertz CT molecular complexity index is 481. The predicted octanol–water partition coefficient (Wildman–Crippen LogP) is 0.896. The van der Waals surface area contributed by atoms with E-state index in [1.807, 2.05) is 0 Å². The minimum Gasteiger partial charge on any atom is -0.282 e. The number of nitro benzene ring substituents is 1. The van der Waals surface area contributed by atoms with Crippen LogP contribution in [0.15, 0.2) is 24.3 Å². The summed E-state index contributed by atoms with van der Waals surface area (Å²) in [7, 11) is 0. The van der Waals surface area contributed by atoms with Crippen molar-refractivity contribution in [3.63, 3.8) is 0 Å². The summed E-state index contributed by atoms with van der Waals surface area (Å²) in [5.41, 5.74) is 0.654. The zero-order valence-corrected chi connectivity index (χ0v) is 8.96. The van der Waals surface area contributed by atoms with Gasteiger partial charge in [0, 0.05) is 25.1 Å². The molecule has 1 fully saturated rings. The second-order valence-electron chi connectivity index (χ2n) is 3.79. The average molecular weight is 234 g/mol. The largest absolute Gasteiger partial charge is 0.282 e. The lowest BCUT2D eigenvalue weighted by molar-refractivity contribution is -0.384. The number of imide groups is 1. The van der Waals surface area contributed by atoms with Crippen LogP contribution in [-0.2, 0) is 16.0 Å². The molecule has 88 valence electrons.